The second-order valence-electron chi connectivity index (χ2n) is 12.5. The number of allylic oxidation sites excluding steroid dienone is 1. The molecule has 2 bridgehead atoms. The molecule has 5 aliphatic heterocycles. The molecule has 0 aromatic heterocycles. The molecule has 6 aliphatic rings. The van der Waals surface area contributed by atoms with Crippen LogP contribution in [0.5, 0.6) is 17.2 Å². The third kappa shape index (κ3) is 5.10. The third-order valence-corrected chi connectivity index (χ3v) is 9.79. The van der Waals surface area contributed by atoms with Gasteiger partial charge in [0.25, 0.3) is 5.91 Å². The SMILES string of the molecule is C[C@H]1[C@H](NC(=O)COc2ccc(C(=O)/C=C/c3ccc4c(c3)OCO4)cc2)O[C@@H]2O[C@@]3(C)CC[C@H]4[C@H](C)CC[C@@H]1[C@@]24OO3. The topological polar surface area (TPSA) is 111 Å². The Morgan fingerprint density at radius 3 is 2.65 bits per heavy atom. The molecule has 1 amide bonds. The number of benzene rings is 2. The van der Waals surface area contributed by atoms with Crippen molar-refractivity contribution in [3.05, 3.63) is 59.7 Å². The zero-order valence-corrected chi connectivity index (χ0v) is 24.6. The fourth-order valence-electron chi connectivity index (χ4n) is 7.42. The van der Waals surface area contributed by atoms with Gasteiger partial charge in [-0.15, -0.1) is 0 Å². The van der Waals surface area contributed by atoms with E-state index in [0.29, 0.717) is 28.7 Å². The van der Waals surface area contributed by atoms with Gasteiger partial charge in [-0.3, -0.25) is 9.59 Å². The Morgan fingerprint density at radius 1 is 1.00 bits per heavy atom. The van der Waals surface area contributed by atoms with Crippen LogP contribution >= 0.6 is 0 Å². The summed E-state index contributed by atoms with van der Waals surface area (Å²) in [5.41, 5.74) is 0.662. The smallest absolute Gasteiger partial charge is 0.259 e. The lowest BCUT2D eigenvalue weighted by atomic mass is 9.58. The summed E-state index contributed by atoms with van der Waals surface area (Å²) >= 11 is 0. The fourth-order valence-corrected chi connectivity index (χ4v) is 7.42. The Hall–Kier alpha value is -3.44. The van der Waals surface area contributed by atoms with Crippen LogP contribution in [0.3, 0.4) is 0 Å². The first-order valence-corrected chi connectivity index (χ1v) is 15.1. The van der Waals surface area contributed by atoms with Gasteiger partial charge < -0.3 is 29.0 Å². The van der Waals surface area contributed by atoms with Crippen LogP contribution in [0.25, 0.3) is 6.08 Å². The summed E-state index contributed by atoms with van der Waals surface area (Å²) in [6.45, 7) is 6.25. The normalized spacial score (nSPS) is 35.7. The van der Waals surface area contributed by atoms with Crippen LogP contribution in [0, 0.1) is 23.7 Å². The maximum atomic E-state index is 13.0. The van der Waals surface area contributed by atoms with Gasteiger partial charge in [-0.2, -0.15) is 0 Å². The summed E-state index contributed by atoms with van der Waals surface area (Å²) in [6.07, 6.45) is 5.78. The molecule has 0 radical (unpaired) electrons. The fraction of sp³-hybridized carbons (Fsp3) is 0.515. The second-order valence-corrected chi connectivity index (χ2v) is 12.5. The molecule has 1 N–H and O–H groups in total. The van der Waals surface area contributed by atoms with Crippen LogP contribution in [-0.2, 0) is 24.0 Å². The number of carbonyl (C=O) groups excluding carboxylic acids is 2. The second kappa shape index (κ2) is 10.9. The lowest BCUT2D eigenvalue weighted by Crippen LogP contribution is -2.72. The molecule has 2 aromatic rings. The summed E-state index contributed by atoms with van der Waals surface area (Å²) in [7, 11) is 0. The van der Waals surface area contributed by atoms with E-state index in [2.05, 4.69) is 19.2 Å². The minimum atomic E-state index is -0.870. The molecule has 10 heteroatoms. The highest BCUT2D eigenvalue weighted by Gasteiger charge is 2.69. The molecule has 2 aromatic carbocycles. The summed E-state index contributed by atoms with van der Waals surface area (Å²) in [5.74, 6) is 1.34. The molecule has 5 fully saturated rings. The first kappa shape index (κ1) is 28.3. The molecule has 10 nitrogen and oxygen atoms in total. The van der Waals surface area contributed by atoms with E-state index in [-0.39, 0.29) is 42.8 Å². The van der Waals surface area contributed by atoms with Crippen molar-refractivity contribution >= 4 is 17.8 Å². The number of ketones is 1. The molecule has 8 rings (SSSR count). The molecule has 8 atom stereocenters. The van der Waals surface area contributed by atoms with E-state index in [1.165, 1.54) is 6.08 Å². The highest BCUT2D eigenvalue weighted by atomic mass is 17.3. The number of amides is 1. The monoisotopic (exact) mass is 591 g/mol. The van der Waals surface area contributed by atoms with E-state index in [0.717, 1.165) is 31.2 Å². The number of hydrogen-bond acceptors (Lipinski definition) is 9. The van der Waals surface area contributed by atoms with E-state index in [4.69, 9.17) is 33.5 Å². The Morgan fingerprint density at radius 2 is 1.81 bits per heavy atom. The van der Waals surface area contributed by atoms with Gasteiger partial charge in [0.2, 0.25) is 12.6 Å². The quantitative estimate of drug-likeness (QED) is 0.270. The zero-order valence-electron chi connectivity index (χ0n) is 24.6. The van der Waals surface area contributed by atoms with Crippen LogP contribution in [0.15, 0.2) is 48.5 Å². The number of carbonyl (C=O) groups is 2. The Bertz CT molecular complexity index is 1430. The predicted molar refractivity (Wildman–Crippen MR) is 153 cm³/mol. The summed E-state index contributed by atoms with van der Waals surface area (Å²) in [5, 5.41) is 3.01. The van der Waals surface area contributed by atoms with Crippen molar-refractivity contribution in [2.45, 2.75) is 70.4 Å². The predicted octanol–water partition coefficient (Wildman–Crippen LogP) is 5.01. The molecule has 1 aliphatic carbocycles. The highest BCUT2D eigenvalue weighted by molar-refractivity contribution is 6.06. The van der Waals surface area contributed by atoms with Gasteiger partial charge in [-0.25, -0.2) is 9.78 Å². The minimum Gasteiger partial charge on any atom is -0.484 e. The molecular weight excluding hydrogens is 554 g/mol. The third-order valence-electron chi connectivity index (χ3n) is 9.79. The van der Waals surface area contributed by atoms with Crippen LogP contribution in [0.1, 0.15) is 62.4 Å². The molecule has 0 unspecified atom stereocenters. The highest BCUT2D eigenvalue weighted by Crippen LogP contribution is 2.60. The van der Waals surface area contributed by atoms with Crippen molar-refractivity contribution < 1.29 is 43.0 Å². The molecule has 228 valence electrons. The Labute approximate surface area is 250 Å². The molecular formula is C33H37NO9. The van der Waals surface area contributed by atoms with Crippen LogP contribution in [0.2, 0.25) is 0 Å². The molecule has 4 saturated heterocycles. The number of ether oxygens (including phenoxy) is 5. The van der Waals surface area contributed by atoms with E-state index in [9.17, 15) is 9.59 Å². The van der Waals surface area contributed by atoms with Crippen molar-refractivity contribution in [2.24, 2.45) is 23.7 Å². The van der Waals surface area contributed by atoms with Gasteiger partial charge in [0.1, 0.15) is 12.0 Å². The van der Waals surface area contributed by atoms with Gasteiger partial charge >= 0.3 is 0 Å². The van der Waals surface area contributed by atoms with Crippen molar-refractivity contribution in [3.63, 3.8) is 0 Å². The number of rotatable bonds is 7. The van der Waals surface area contributed by atoms with Gasteiger partial charge in [0, 0.05) is 23.8 Å². The van der Waals surface area contributed by atoms with E-state index < -0.39 is 23.9 Å². The first-order chi connectivity index (χ1) is 20.7. The first-order valence-electron chi connectivity index (χ1n) is 15.1. The number of hydrogen-bond donors (Lipinski definition) is 1. The maximum absolute atomic E-state index is 13.0. The van der Waals surface area contributed by atoms with E-state index in [1.807, 2.05) is 25.1 Å². The van der Waals surface area contributed by atoms with Crippen molar-refractivity contribution in [3.8, 4) is 17.2 Å². The molecule has 5 heterocycles. The summed E-state index contributed by atoms with van der Waals surface area (Å²) < 4.78 is 29.2. The largest absolute Gasteiger partial charge is 0.484 e. The van der Waals surface area contributed by atoms with E-state index >= 15 is 0 Å². The molecule has 1 spiro atoms. The summed E-state index contributed by atoms with van der Waals surface area (Å²) in [4.78, 5) is 37.7. The lowest BCUT2D eigenvalue weighted by molar-refractivity contribution is -0.571. The van der Waals surface area contributed by atoms with Crippen LogP contribution in [-0.4, -0.2) is 49.0 Å². The standard InChI is InChI=1S/C33H37NO9/c1-19-4-11-25-20(2)30(40-31-33(25)24(19)14-15-32(3,41-31)42-43-33)34-29(36)17-37-23-9-7-22(8-10-23)26(35)12-5-21-6-13-27-28(16-21)39-18-38-27/h5-10,12-13,16,19-20,24-25,30-31H,4,11,14-15,17-18H2,1-3H3,(H,34,36)/b12-5+/t19-,20-,24+,25+,30-,31-,32-,33-/m1/s1. The van der Waals surface area contributed by atoms with Gasteiger partial charge in [0.05, 0.1) is 0 Å². The zero-order chi connectivity index (χ0) is 29.8. The maximum Gasteiger partial charge on any atom is 0.259 e. The number of fused-ring (bicyclic) bond motifs is 3. The summed E-state index contributed by atoms with van der Waals surface area (Å²) in [6, 6.07) is 12.2. The van der Waals surface area contributed by atoms with Crippen molar-refractivity contribution in [1.82, 2.24) is 5.32 Å². The minimum absolute atomic E-state index is 0.0131. The van der Waals surface area contributed by atoms with Crippen LogP contribution in [0.4, 0.5) is 0 Å². The average Bonchev–Trinajstić information content (AvgIpc) is 3.36. The molecule has 1 saturated carbocycles. The Kier molecular flexibility index (Phi) is 7.20. The van der Waals surface area contributed by atoms with Crippen LogP contribution < -0.4 is 19.5 Å². The van der Waals surface area contributed by atoms with Gasteiger partial charge in [-0.1, -0.05) is 26.0 Å². The lowest BCUT2D eigenvalue weighted by Gasteiger charge is -2.60. The van der Waals surface area contributed by atoms with Crippen molar-refractivity contribution in [1.29, 1.82) is 0 Å². The molecule has 43 heavy (non-hydrogen) atoms. The number of nitrogens with one attached hydrogen (secondary N) is 1. The van der Waals surface area contributed by atoms with Gasteiger partial charge in [-0.05, 0) is 86.1 Å². The Balaban J connectivity index is 0.951. The average molecular weight is 592 g/mol. The van der Waals surface area contributed by atoms with Crippen molar-refractivity contribution in [2.75, 3.05) is 13.4 Å². The van der Waals surface area contributed by atoms with Gasteiger partial charge in [0.15, 0.2) is 35.8 Å². The van der Waals surface area contributed by atoms with E-state index in [1.54, 1.807) is 30.3 Å².